The average molecular weight is 571 g/mol. The number of carbonyl (C=O) groups is 4. The molecule has 0 aromatic heterocycles. The number of ether oxygens (including phenoxy) is 1. The van der Waals surface area contributed by atoms with Gasteiger partial charge in [-0.2, -0.15) is 0 Å². The molecule has 0 bridgehead atoms. The number of hydrogen-bond acceptors (Lipinski definition) is 7. The Bertz CT molecular complexity index is 1270. The van der Waals surface area contributed by atoms with E-state index in [2.05, 4.69) is 34.6 Å². The molecule has 228 valence electrons. The molecule has 4 saturated carbocycles. The summed E-state index contributed by atoms with van der Waals surface area (Å²) < 4.78 is 5.83. The van der Waals surface area contributed by atoms with Crippen LogP contribution in [-0.4, -0.2) is 45.8 Å². The molecular formula is C33H50N2O6. The van der Waals surface area contributed by atoms with Crippen molar-refractivity contribution >= 4 is 23.5 Å². The van der Waals surface area contributed by atoms with Crippen LogP contribution in [0.4, 0.5) is 0 Å². The lowest BCUT2D eigenvalue weighted by Crippen LogP contribution is -2.85. The molecule has 41 heavy (non-hydrogen) atoms. The van der Waals surface area contributed by atoms with E-state index < -0.39 is 39.1 Å². The van der Waals surface area contributed by atoms with Crippen LogP contribution in [0.25, 0.3) is 0 Å². The minimum absolute atomic E-state index is 0.0343. The van der Waals surface area contributed by atoms with Gasteiger partial charge in [0.05, 0.1) is 5.41 Å². The quantitative estimate of drug-likeness (QED) is 0.325. The second-order valence-corrected chi connectivity index (χ2v) is 15.8. The van der Waals surface area contributed by atoms with E-state index in [1.165, 1.54) is 6.92 Å². The third-order valence-corrected chi connectivity index (χ3v) is 14.2. The first-order valence-electron chi connectivity index (χ1n) is 15.5. The van der Waals surface area contributed by atoms with Crippen LogP contribution in [0.1, 0.15) is 113 Å². The summed E-state index contributed by atoms with van der Waals surface area (Å²) in [6.07, 6.45) is 4.87. The molecule has 0 amide bonds. The second-order valence-electron chi connectivity index (χ2n) is 15.8. The van der Waals surface area contributed by atoms with Gasteiger partial charge in [0.1, 0.15) is 6.10 Å². The number of esters is 1. The Morgan fingerprint density at radius 1 is 0.878 bits per heavy atom. The molecule has 5 N–H and O–H groups in total. The lowest BCUT2D eigenvalue weighted by Gasteiger charge is -2.78. The van der Waals surface area contributed by atoms with Crippen molar-refractivity contribution in [3.05, 3.63) is 11.1 Å². The predicted molar refractivity (Wildman–Crippen MR) is 154 cm³/mol. The molecule has 4 fully saturated rings. The van der Waals surface area contributed by atoms with Crippen molar-refractivity contribution in [1.29, 1.82) is 0 Å². The zero-order valence-corrected chi connectivity index (χ0v) is 26.2. The van der Waals surface area contributed by atoms with Crippen molar-refractivity contribution in [1.82, 2.24) is 0 Å². The highest BCUT2D eigenvalue weighted by Crippen LogP contribution is 2.77. The van der Waals surface area contributed by atoms with E-state index in [4.69, 9.17) is 16.2 Å². The van der Waals surface area contributed by atoms with E-state index in [0.717, 1.165) is 18.4 Å². The first-order chi connectivity index (χ1) is 18.7. The van der Waals surface area contributed by atoms with Gasteiger partial charge in [-0.25, -0.2) is 4.79 Å². The summed E-state index contributed by atoms with van der Waals surface area (Å²) in [7, 11) is 0. The van der Waals surface area contributed by atoms with Crippen LogP contribution in [0.15, 0.2) is 11.1 Å². The third kappa shape index (κ3) is 3.30. The number of carbonyl (C=O) groups excluding carboxylic acids is 3. The molecule has 0 aliphatic heterocycles. The molecule has 5 rings (SSSR count). The number of carboxylic acids is 1. The monoisotopic (exact) mass is 570 g/mol. The molecular weight excluding hydrogens is 520 g/mol. The number of allylic oxidation sites excluding steroid dienone is 2. The Balaban J connectivity index is 1.65. The first kappa shape index (κ1) is 30.4. The van der Waals surface area contributed by atoms with Gasteiger partial charge in [-0.15, -0.1) is 0 Å². The number of carboxylic acid groups (broad SMARTS) is 1. The summed E-state index contributed by atoms with van der Waals surface area (Å²) in [5, 5.41) is 9.89. The van der Waals surface area contributed by atoms with Gasteiger partial charge in [0.15, 0.2) is 5.78 Å². The minimum Gasteiger partial charge on any atom is -0.475 e. The fourth-order valence-electron chi connectivity index (χ4n) is 11.5. The number of rotatable bonds is 4. The largest absolute Gasteiger partial charge is 0.475 e. The Morgan fingerprint density at radius 2 is 1.51 bits per heavy atom. The van der Waals surface area contributed by atoms with Gasteiger partial charge >= 0.3 is 11.9 Å². The van der Waals surface area contributed by atoms with E-state index in [1.807, 2.05) is 13.8 Å². The van der Waals surface area contributed by atoms with Crippen LogP contribution in [-0.2, 0) is 23.9 Å². The van der Waals surface area contributed by atoms with Gasteiger partial charge in [-0.05, 0) is 85.2 Å². The maximum Gasteiger partial charge on any atom is 0.373 e. The number of nitrogens with two attached hydrogens (primary N) is 2. The molecule has 8 unspecified atom stereocenters. The highest BCUT2D eigenvalue weighted by atomic mass is 16.5. The molecule has 0 saturated heterocycles. The standard InChI is InChI=1S/C33H50N2O6/c1-18(2)23-21(37)17-31(25(38)26(39)40)15-13-28(6)20(24(23)31)9-12-33(35)29(28,7)14-16-32(34)27(4,5)22(41-19(3)36)10-11-30(32,33)8/h18,20,22H,9-17,34-35H2,1-8H3,(H,39,40). The predicted octanol–water partition coefficient (Wildman–Crippen LogP) is 4.72. The Labute approximate surface area is 244 Å². The van der Waals surface area contributed by atoms with Crippen LogP contribution in [0.3, 0.4) is 0 Å². The molecule has 0 heterocycles. The topological polar surface area (TPSA) is 150 Å². The number of fused-ring (bicyclic) bond motifs is 7. The molecule has 8 nitrogen and oxygen atoms in total. The average Bonchev–Trinajstić information content (AvgIpc) is 3.18. The zero-order chi connectivity index (χ0) is 30.8. The molecule has 5 aliphatic rings. The molecule has 5 aliphatic carbocycles. The lowest BCUT2D eigenvalue weighted by atomic mass is 9.28. The van der Waals surface area contributed by atoms with Gasteiger partial charge in [-0.1, -0.05) is 48.5 Å². The van der Waals surface area contributed by atoms with Crippen molar-refractivity contribution < 1.29 is 29.0 Å². The lowest BCUT2D eigenvalue weighted by molar-refractivity contribution is -0.251. The number of hydrogen-bond donors (Lipinski definition) is 3. The Morgan fingerprint density at radius 3 is 2.07 bits per heavy atom. The number of Topliss-reactive ketones (excluding diaryl/α,β-unsaturated/α-hetero) is 2. The van der Waals surface area contributed by atoms with Crippen molar-refractivity contribution in [3.8, 4) is 0 Å². The van der Waals surface area contributed by atoms with Gasteiger partial charge in [0.2, 0.25) is 5.78 Å². The summed E-state index contributed by atoms with van der Waals surface area (Å²) in [6, 6.07) is 0. The molecule has 0 aromatic rings. The summed E-state index contributed by atoms with van der Waals surface area (Å²) >= 11 is 0. The van der Waals surface area contributed by atoms with Crippen LogP contribution in [0.5, 0.6) is 0 Å². The summed E-state index contributed by atoms with van der Waals surface area (Å²) in [4.78, 5) is 51.1. The van der Waals surface area contributed by atoms with Gasteiger partial charge in [-0.3, -0.25) is 14.4 Å². The summed E-state index contributed by atoms with van der Waals surface area (Å²) in [5.41, 5.74) is 12.5. The maximum absolute atomic E-state index is 13.5. The molecule has 0 spiro atoms. The summed E-state index contributed by atoms with van der Waals surface area (Å²) in [6.45, 7) is 16.5. The maximum atomic E-state index is 13.5. The highest BCUT2D eigenvalue weighted by molar-refractivity contribution is 6.37. The van der Waals surface area contributed by atoms with Crippen molar-refractivity contribution in [2.75, 3.05) is 0 Å². The van der Waals surface area contributed by atoms with Crippen LogP contribution < -0.4 is 11.5 Å². The Kier molecular flexibility index (Phi) is 6.48. The van der Waals surface area contributed by atoms with E-state index in [1.54, 1.807) is 0 Å². The van der Waals surface area contributed by atoms with E-state index in [-0.39, 0.29) is 46.9 Å². The Hall–Kier alpha value is -2.06. The molecule has 0 aromatic carbocycles. The van der Waals surface area contributed by atoms with Crippen LogP contribution >= 0.6 is 0 Å². The molecule has 8 atom stereocenters. The van der Waals surface area contributed by atoms with Crippen LogP contribution in [0.2, 0.25) is 0 Å². The van der Waals surface area contributed by atoms with Crippen LogP contribution in [0, 0.1) is 38.9 Å². The van der Waals surface area contributed by atoms with Crippen molar-refractivity contribution in [2.24, 2.45) is 50.4 Å². The number of aliphatic carboxylic acids is 1. The SMILES string of the molecule is CC(=O)OC1CCC2(C)C(N)(CCC3(C)C4(C)CCC5(C(=O)C(=O)O)CC(=O)C(C(C)C)=C5C4CCC32N)C1(C)C. The van der Waals surface area contributed by atoms with Gasteiger partial charge in [0, 0.05) is 35.3 Å². The fourth-order valence-corrected chi connectivity index (χ4v) is 11.5. The molecule has 8 heteroatoms. The first-order valence-corrected chi connectivity index (χ1v) is 15.5. The highest BCUT2D eigenvalue weighted by Gasteiger charge is 2.78. The van der Waals surface area contributed by atoms with E-state index in [9.17, 15) is 24.3 Å². The normalized spacial score (nSPS) is 46.8. The molecule has 0 radical (unpaired) electrons. The van der Waals surface area contributed by atoms with Gasteiger partial charge < -0.3 is 21.3 Å². The fraction of sp³-hybridized carbons (Fsp3) is 0.818. The van der Waals surface area contributed by atoms with Crippen molar-refractivity contribution in [2.45, 2.75) is 130 Å². The van der Waals surface area contributed by atoms with E-state index in [0.29, 0.717) is 44.1 Å². The third-order valence-electron chi connectivity index (χ3n) is 14.2. The van der Waals surface area contributed by atoms with Gasteiger partial charge in [0.25, 0.3) is 0 Å². The van der Waals surface area contributed by atoms with Crippen molar-refractivity contribution in [3.63, 3.8) is 0 Å². The van der Waals surface area contributed by atoms with E-state index >= 15 is 0 Å². The number of ketones is 2. The minimum atomic E-state index is -1.45. The summed E-state index contributed by atoms with van der Waals surface area (Å²) in [5.74, 6) is -2.87. The zero-order valence-electron chi connectivity index (χ0n) is 26.2. The smallest absolute Gasteiger partial charge is 0.373 e. The second kappa shape index (κ2) is 8.75.